The Morgan fingerprint density at radius 3 is 2.31 bits per heavy atom. The second-order valence-corrected chi connectivity index (χ2v) is 8.10. The van der Waals surface area contributed by atoms with Gasteiger partial charge in [0.15, 0.2) is 6.61 Å². The molecule has 0 radical (unpaired) electrons. The van der Waals surface area contributed by atoms with E-state index in [0.29, 0.717) is 26.2 Å². The van der Waals surface area contributed by atoms with Crippen LogP contribution in [0.3, 0.4) is 0 Å². The molecule has 0 bridgehead atoms. The van der Waals surface area contributed by atoms with Crippen LogP contribution in [0.2, 0.25) is 0 Å². The Labute approximate surface area is 183 Å². The first-order chi connectivity index (χ1) is 14.8. The van der Waals surface area contributed by atoms with E-state index in [1.54, 1.807) is 37.5 Å². The SMILES string of the molecule is C[C@@H](/C=N/OCC(=O)N1CCN(c2ncc(C(F)(F)F)cn2)CC1)NC(=O)OC(C)(C)C. The summed E-state index contributed by atoms with van der Waals surface area (Å²) in [6, 6.07) is -0.466. The van der Waals surface area contributed by atoms with Crippen molar-refractivity contribution in [3.8, 4) is 0 Å². The molecule has 2 amide bonds. The van der Waals surface area contributed by atoms with Crippen molar-refractivity contribution in [3.63, 3.8) is 0 Å². The summed E-state index contributed by atoms with van der Waals surface area (Å²) in [5, 5.41) is 6.24. The van der Waals surface area contributed by atoms with Gasteiger partial charge in [-0.25, -0.2) is 14.8 Å². The van der Waals surface area contributed by atoms with Crippen LogP contribution in [0.25, 0.3) is 0 Å². The molecule has 10 nitrogen and oxygen atoms in total. The Hall–Kier alpha value is -3.12. The van der Waals surface area contributed by atoms with E-state index in [2.05, 4.69) is 20.4 Å². The van der Waals surface area contributed by atoms with Gasteiger partial charge in [-0.2, -0.15) is 13.2 Å². The predicted octanol–water partition coefficient (Wildman–Crippen LogP) is 2.06. The van der Waals surface area contributed by atoms with Crippen molar-refractivity contribution < 1.29 is 32.3 Å². The van der Waals surface area contributed by atoms with E-state index in [-0.39, 0.29) is 18.5 Å². The highest BCUT2D eigenvalue weighted by Gasteiger charge is 2.32. The number of oxime groups is 1. The summed E-state index contributed by atoms with van der Waals surface area (Å²) >= 11 is 0. The van der Waals surface area contributed by atoms with Crippen molar-refractivity contribution in [2.45, 2.75) is 45.5 Å². The van der Waals surface area contributed by atoms with E-state index in [4.69, 9.17) is 9.57 Å². The number of alkyl carbamates (subject to hydrolysis) is 1. The first-order valence-electron chi connectivity index (χ1n) is 9.92. The number of carbonyl (C=O) groups is 2. The zero-order chi connectivity index (χ0) is 23.9. The molecule has 0 aliphatic carbocycles. The summed E-state index contributed by atoms with van der Waals surface area (Å²) in [6.45, 7) is 8.05. The monoisotopic (exact) mass is 460 g/mol. The lowest BCUT2D eigenvalue weighted by Gasteiger charge is -2.34. The van der Waals surface area contributed by atoms with Crippen molar-refractivity contribution in [3.05, 3.63) is 18.0 Å². The number of piperazine rings is 1. The van der Waals surface area contributed by atoms with Crippen LogP contribution in [0, 0.1) is 0 Å². The maximum atomic E-state index is 12.6. The highest BCUT2D eigenvalue weighted by Crippen LogP contribution is 2.28. The molecule has 13 heteroatoms. The zero-order valence-electron chi connectivity index (χ0n) is 18.3. The van der Waals surface area contributed by atoms with Gasteiger partial charge in [0.25, 0.3) is 5.91 Å². The number of amides is 2. The number of anilines is 1. The Kier molecular flexibility index (Phi) is 8.22. The number of hydrogen-bond acceptors (Lipinski definition) is 8. The largest absolute Gasteiger partial charge is 0.444 e. The molecular weight excluding hydrogens is 433 g/mol. The molecule has 1 fully saturated rings. The summed E-state index contributed by atoms with van der Waals surface area (Å²) in [5.41, 5.74) is -1.53. The molecule has 1 N–H and O–H groups in total. The van der Waals surface area contributed by atoms with E-state index in [0.717, 1.165) is 12.4 Å². The Bertz CT molecular complexity index is 803. The van der Waals surface area contributed by atoms with Crippen LogP contribution in [-0.4, -0.2) is 77.5 Å². The van der Waals surface area contributed by atoms with Crippen LogP contribution in [0.1, 0.15) is 33.3 Å². The number of alkyl halides is 3. The van der Waals surface area contributed by atoms with E-state index < -0.39 is 29.5 Å². The van der Waals surface area contributed by atoms with Gasteiger partial charge in [0.2, 0.25) is 5.95 Å². The third-order valence-electron chi connectivity index (χ3n) is 4.17. The van der Waals surface area contributed by atoms with E-state index >= 15 is 0 Å². The van der Waals surface area contributed by atoms with Gasteiger partial charge in [0, 0.05) is 38.6 Å². The number of ether oxygens (including phenoxy) is 1. The van der Waals surface area contributed by atoms with Crippen molar-refractivity contribution in [2.24, 2.45) is 5.16 Å². The molecule has 0 aromatic carbocycles. The van der Waals surface area contributed by atoms with Crippen molar-refractivity contribution in [2.75, 3.05) is 37.7 Å². The summed E-state index contributed by atoms with van der Waals surface area (Å²) in [7, 11) is 0. The van der Waals surface area contributed by atoms with Gasteiger partial charge in [-0.1, -0.05) is 5.16 Å². The maximum absolute atomic E-state index is 12.6. The quantitative estimate of drug-likeness (QED) is 0.511. The lowest BCUT2D eigenvalue weighted by atomic mass is 10.2. The fourth-order valence-corrected chi connectivity index (χ4v) is 2.64. The first-order valence-corrected chi connectivity index (χ1v) is 9.92. The van der Waals surface area contributed by atoms with Crippen molar-refractivity contribution >= 4 is 24.2 Å². The van der Waals surface area contributed by atoms with Gasteiger partial charge >= 0.3 is 12.3 Å². The topological polar surface area (TPSA) is 109 Å². The minimum Gasteiger partial charge on any atom is -0.444 e. The van der Waals surface area contributed by atoms with Crippen LogP contribution in [0.4, 0.5) is 23.9 Å². The van der Waals surface area contributed by atoms with Crippen LogP contribution in [0.15, 0.2) is 17.5 Å². The highest BCUT2D eigenvalue weighted by molar-refractivity contribution is 5.78. The van der Waals surface area contributed by atoms with Gasteiger partial charge < -0.3 is 24.7 Å². The van der Waals surface area contributed by atoms with Crippen LogP contribution < -0.4 is 10.2 Å². The summed E-state index contributed by atoms with van der Waals surface area (Å²) in [6.07, 6.45) is -2.27. The normalized spacial score (nSPS) is 16.1. The van der Waals surface area contributed by atoms with Gasteiger partial charge in [-0.15, -0.1) is 0 Å². The number of nitrogens with zero attached hydrogens (tertiary/aromatic N) is 5. The van der Waals surface area contributed by atoms with E-state index in [9.17, 15) is 22.8 Å². The number of aromatic nitrogens is 2. The molecule has 1 aromatic rings. The summed E-state index contributed by atoms with van der Waals surface area (Å²) in [5.74, 6) is -0.111. The first kappa shape index (κ1) is 25.1. The Balaban J connectivity index is 1.71. The summed E-state index contributed by atoms with van der Waals surface area (Å²) in [4.78, 5) is 39.7. The minimum absolute atomic E-state index is 0.178. The van der Waals surface area contributed by atoms with E-state index in [1.807, 2.05) is 0 Å². The Morgan fingerprint density at radius 1 is 1.19 bits per heavy atom. The highest BCUT2D eigenvalue weighted by atomic mass is 19.4. The van der Waals surface area contributed by atoms with Crippen LogP contribution in [0.5, 0.6) is 0 Å². The van der Waals surface area contributed by atoms with Crippen LogP contribution >= 0.6 is 0 Å². The average Bonchev–Trinajstić information content (AvgIpc) is 2.69. The molecule has 1 saturated heterocycles. The number of nitrogens with one attached hydrogen (secondary N) is 1. The average molecular weight is 460 g/mol. The molecule has 2 heterocycles. The third-order valence-corrected chi connectivity index (χ3v) is 4.17. The summed E-state index contributed by atoms with van der Waals surface area (Å²) < 4.78 is 42.9. The van der Waals surface area contributed by atoms with Gasteiger partial charge in [0.05, 0.1) is 17.8 Å². The van der Waals surface area contributed by atoms with Gasteiger partial charge in [-0.05, 0) is 27.7 Å². The maximum Gasteiger partial charge on any atom is 0.419 e. The molecule has 0 unspecified atom stereocenters. The number of halogens is 3. The molecular formula is C19H27F3N6O4. The number of rotatable bonds is 6. The standard InChI is InChI=1S/C19H27F3N6O4/c1-13(26-17(30)32-18(2,3)4)9-25-31-12-15(29)27-5-7-28(8-6-27)16-23-10-14(11-24-16)19(20,21)22/h9-11,13H,5-8,12H2,1-4H3,(H,26,30)/b25-9+/t13-/m0/s1. The van der Waals surface area contributed by atoms with Gasteiger partial charge in [0.1, 0.15) is 5.60 Å². The molecule has 0 spiro atoms. The fourth-order valence-electron chi connectivity index (χ4n) is 2.64. The number of hydrogen-bond donors (Lipinski definition) is 1. The molecule has 1 aliphatic heterocycles. The lowest BCUT2D eigenvalue weighted by Crippen LogP contribution is -2.50. The predicted molar refractivity (Wildman–Crippen MR) is 109 cm³/mol. The molecule has 32 heavy (non-hydrogen) atoms. The molecule has 1 aromatic heterocycles. The second-order valence-electron chi connectivity index (χ2n) is 8.10. The van der Waals surface area contributed by atoms with Crippen molar-refractivity contribution in [1.29, 1.82) is 0 Å². The zero-order valence-corrected chi connectivity index (χ0v) is 18.3. The van der Waals surface area contributed by atoms with E-state index in [1.165, 1.54) is 6.21 Å². The molecule has 1 atom stereocenters. The Morgan fingerprint density at radius 2 is 1.78 bits per heavy atom. The fraction of sp³-hybridized carbons (Fsp3) is 0.632. The second kappa shape index (κ2) is 10.5. The minimum atomic E-state index is -4.49. The van der Waals surface area contributed by atoms with Crippen LogP contribution in [-0.2, 0) is 20.5 Å². The molecule has 2 rings (SSSR count). The van der Waals surface area contributed by atoms with Gasteiger partial charge in [-0.3, -0.25) is 4.79 Å². The molecule has 1 aliphatic rings. The third kappa shape index (κ3) is 8.19. The number of carbonyl (C=O) groups excluding carboxylic acids is 2. The molecule has 178 valence electrons. The molecule has 0 saturated carbocycles. The lowest BCUT2D eigenvalue weighted by molar-refractivity contribution is -0.138. The smallest absolute Gasteiger partial charge is 0.419 e. The van der Waals surface area contributed by atoms with Crippen molar-refractivity contribution in [1.82, 2.24) is 20.2 Å².